The summed E-state index contributed by atoms with van der Waals surface area (Å²) >= 11 is 0. The van der Waals surface area contributed by atoms with Crippen molar-refractivity contribution in [3.63, 3.8) is 0 Å². The zero-order chi connectivity index (χ0) is 20.6. The van der Waals surface area contributed by atoms with Gasteiger partial charge < -0.3 is 9.64 Å². The average molecular weight is 405 g/mol. The van der Waals surface area contributed by atoms with Gasteiger partial charge in [0.25, 0.3) is 0 Å². The lowest BCUT2D eigenvalue weighted by atomic mass is 10.0. The first-order chi connectivity index (χ1) is 13.1. The van der Waals surface area contributed by atoms with Gasteiger partial charge in [-0.1, -0.05) is 6.07 Å². The molecular formula is C20H28N4O3S. The van der Waals surface area contributed by atoms with Gasteiger partial charge in [0.15, 0.2) is 5.82 Å². The molecule has 1 aliphatic rings. The van der Waals surface area contributed by atoms with Crippen LogP contribution < -0.4 is 9.64 Å². The Morgan fingerprint density at radius 3 is 2.25 bits per heavy atom. The third-order valence-electron chi connectivity index (χ3n) is 5.37. The maximum absolute atomic E-state index is 13.3. The first-order valence-corrected chi connectivity index (χ1v) is 10.8. The molecule has 3 rings (SSSR count). The molecule has 1 unspecified atom stereocenters. The van der Waals surface area contributed by atoms with E-state index in [1.807, 2.05) is 58.8 Å². The quantitative estimate of drug-likeness (QED) is 0.763. The molecule has 0 N–H and O–H groups in total. The molecule has 2 aromatic rings. The van der Waals surface area contributed by atoms with Crippen molar-refractivity contribution in [2.75, 3.05) is 32.1 Å². The summed E-state index contributed by atoms with van der Waals surface area (Å²) in [5, 5.41) is 8.18. The Kier molecular flexibility index (Phi) is 5.63. The number of aryl methyl sites for hydroxylation is 2. The Labute approximate surface area is 167 Å². The normalized spacial score (nSPS) is 17.7. The molecule has 1 aromatic heterocycles. The SMILES string of the molecule is Cc1cc(C)c(C)c(S(=O)(=O)N2CCC(Oc3ccc(N(C)C)nn3)C2)c1C. The third kappa shape index (κ3) is 3.84. The molecule has 1 aliphatic heterocycles. The highest BCUT2D eigenvalue weighted by Crippen LogP contribution is 2.31. The molecule has 1 atom stereocenters. The maximum atomic E-state index is 13.3. The Bertz CT molecular complexity index is 946. The van der Waals surface area contributed by atoms with Gasteiger partial charge in [0.05, 0.1) is 11.4 Å². The predicted octanol–water partition coefficient (Wildman–Crippen LogP) is 2.62. The number of benzene rings is 1. The van der Waals surface area contributed by atoms with Crippen LogP contribution >= 0.6 is 0 Å². The minimum atomic E-state index is -3.58. The fourth-order valence-corrected chi connectivity index (χ4v) is 5.56. The topological polar surface area (TPSA) is 75.6 Å². The monoisotopic (exact) mass is 404 g/mol. The van der Waals surface area contributed by atoms with Gasteiger partial charge in [-0.2, -0.15) is 4.31 Å². The van der Waals surface area contributed by atoms with Gasteiger partial charge in [-0.05, 0) is 62.4 Å². The predicted molar refractivity (Wildman–Crippen MR) is 110 cm³/mol. The molecule has 0 spiro atoms. The highest BCUT2D eigenvalue weighted by molar-refractivity contribution is 7.89. The van der Waals surface area contributed by atoms with Crippen LogP contribution in [0.5, 0.6) is 5.88 Å². The summed E-state index contributed by atoms with van der Waals surface area (Å²) in [5.74, 6) is 1.15. The van der Waals surface area contributed by atoms with E-state index in [2.05, 4.69) is 10.2 Å². The van der Waals surface area contributed by atoms with Gasteiger partial charge in [-0.3, -0.25) is 0 Å². The van der Waals surface area contributed by atoms with Crippen molar-refractivity contribution in [1.29, 1.82) is 0 Å². The lowest BCUT2D eigenvalue weighted by Gasteiger charge is -2.22. The fraction of sp³-hybridized carbons (Fsp3) is 0.500. The Balaban J connectivity index is 1.78. The second-order valence-corrected chi connectivity index (χ2v) is 9.48. The van der Waals surface area contributed by atoms with Gasteiger partial charge >= 0.3 is 0 Å². The lowest BCUT2D eigenvalue weighted by molar-refractivity contribution is 0.204. The van der Waals surface area contributed by atoms with Crippen LogP contribution in [0.15, 0.2) is 23.1 Å². The van der Waals surface area contributed by atoms with Crippen molar-refractivity contribution in [1.82, 2.24) is 14.5 Å². The Morgan fingerprint density at radius 2 is 1.71 bits per heavy atom. The number of aromatic nitrogens is 2. The lowest BCUT2D eigenvalue weighted by Crippen LogP contribution is -2.32. The van der Waals surface area contributed by atoms with Crippen LogP contribution in [0.25, 0.3) is 0 Å². The van der Waals surface area contributed by atoms with Crippen molar-refractivity contribution in [2.45, 2.75) is 45.1 Å². The second kappa shape index (κ2) is 7.67. The molecule has 2 heterocycles. The highest BCUT2D eigenvalue weighted by atomic mass is 32.2. The standard InChI is InChI=1S/C20H28N4O3S/c1-13-11-14(2)16(4)20(15(13)3)28(25,26)24-10-9-17(12-24)27-19-8-7-18(21-22-19)23(5)6/h7-8,11,17H,9-10,12H2,1-6H3. The van der Waals surface area contributed by atoms with E-state index >= 15 is 0 Å². The number of nitrogens with zero attached hydrogens (tertiary/aromatic N) is 4. The molecule has 0 aliphatic carbocycles. The summed E-state index contributed by atoms with van der Waals surface area (Å²) in [7, 11) is 0.203. The van der Waals surface area contributed by atoms with Crippen molar-refractivity contribution in [2.24, 2.45) is 0 Å². The van der Waals surface area contributed by atoms with Crippen molar-refractivity contribution < 1.29 is 13.2 Å². The van der Waals surface area contributed by atoms with Crippen LogP contribution in [0.4, 0.5) is 5.82 Å². The van der Waals surface area contributed by atoms with E-state index in [1.54, 1.807) is 6.07 Å². The maximum Gasteiger partial charge on any atom is 0.243 e. The largest absolute Gasteiger partial charge is 0.472 e. The van der Waals surface area contributed by atoms with Gasteiger partial charge in [0, 0.05) is 26.7 Å². The van der Waals surface area contributed by atoms with E-state index in [0.29, 0.717) is 30.3 Å². The minimum Gasteiger partial charge on any atom is -0.472 e. The summed E-state index contributed by atoms with van der Waals surface area (Å²) in [6.45, 7) is 8.40. The third-order valence-corrected chi connectivity index (χ3v) is 7.51. The zero-order valence-electron chi connectivity index (χ0n) is 17.4. The summed E-state index contributed by atoms with van der Waals surface area (Å²) < 4.78 is 34.1. The smallest absolute Gasteiger partial charge is 0.243 e. The van der Waals surface area contributed by atoms with Gasteiger partial charge in [-0.15, -0.1) is 10.2 Å². The van der Waals surface area contributed by atoms with Crippen LogP contribution in [-0.4, -0.2) is 56.2 Å². The van der Waals surface area contributed by atoms with Crippen LogP contribution in [-0.2, 0) is 10.0 Å². The van der Waals surface area contributed by atoms with E-state index in [9.17, 15) is 8.42 Å². The summed E-state index contributed by atoms with van der Waals surface area (Å²) in [6.07, 6.45) is 0.389. The van der Waals surface area contributed by atoms with Crippen LogP contribution in [0.3, 0.4) is 0 Å². The molecule has 7 nitrogen and oxygen atoms in total. The number of hydrogen-bond acceptors (Lipinski definition) is 6. The molecule has 1 aromatic carbocycles. The minimum absolute atomic E-state index is 0.235. The summed E-state index contributed by atoms with van der Waals surface area (Å²) in [4.78, 5) is 2.29. The van der Waals surface area contributed by atoms with E-state index in [4.69, 9.17) is 4.74 Å². The first kappa shape index (κ1) is 20.5. The summed E-state index contributed by atoms with van der Waals surface area (Å²) in [6, 6.07) is 5.63. The molecule has 152 valence electrons. The van der Waals surface area contributed by atoms with E-state index in [1.165, 1.54) is 4.31 Å². The van der Waals surface area contributed by atoms with Crippen LogP contribution in [0.1, 0.15) is 28.7 Å². The second-order valence-electron chi connectivity index (χ2n) is 7.61. The summed E-state index contributed by atoms with van der Waals surface area (Å²) in [5.41, 5.74) is 3.62. The van der Waals surface area contributed by atoms with Crippen LogP contribution in [0, 0.1) is 27.7 Å². The van der Waals surface area contributed by atoms with Crippen molar-refractivity contribution >= 4 is 15.8 Å². The van der Waals surface area contributed by atoms with Gasteiger partial charge in [-0.25, -0.2) is 8.42 Å². The average Bonchev–Trinajstić information content (AvgIpc) is 3.10. The number of rotatable bonds is 5. The first-order valence-electron chi connectivity index (χ1n) is 9.36. The molecule has 0 bridgehead atoms. The number of sulfonamides is 1. The van der Waals surface area contributed by atoms with E-state index in [-0.39, 0.29) is 6.10 Å². The molecule has 0 amide bonds. The molecular weight excluding hydrogens is 376 g/mol. The Hall–Kier alpha value is -2.19. The zero-order valence-corrected chi connectivity index (χ0v) is 18.2. The molecule has 28 heavy (non-hydrogen) atoms. The number of hydrogen-bond donors (Lipinski definition) is 0. The van der Waals surface area contributed by atoms with Gasteiger partial charge in [0.2, 0.25) is 15.9 Å². The highest BCUT2D eigenvalue weighted by Gasteiger charge is 2.36. The number of ether oxygens (including phenoxy) is 1. The van der Waals surface area contributed by atoms with Gasteiger partial charge in [0.1, 0.15) is 6.10 Å². The Morgan fingerprint density at radius 1 is 1.07 bits per heavy atom. The molecule has 8 heteroatoms. The van der Waals surface area contributed by atoms with E-state index < -0.39 is 10.0 Å². The van der Waals surface area contributed by atoms with Crippen molar-refractivity contribution in [3.05, 3.63) is 40.5 Å². The molecule has 0 saturated carbocycles. The van der Waals surface area contributed by atoms with E-state index in [0.717, 1.165) is 28.1 Å². The van der Waals surface area contributed by atoms with Crippen LogP contribution in [0.2, 0.25) is 0 Å². The fourth-order valence-electron chi connectivity index (χ4n) is 3.49. The molecule has 0 radical (unpaired) electrons. The molecule has 1 saturated heterocycles. The van der Waals surface area contributed by atoms with Crippen molar-refractivity contribution in [3.8, 4) is 5.88 Å². The molecule has 1 fully saturated rings. The number of anilines is 1.